The molecule has 174 valence electrons. The molecular formula is C27H26N2O5. The molecule has 0 aliphatic carbocycles. The summed E-state index contributed by atoms with van der Waals surface area (Å²) in [6, 6.07) is 23.4. The maximum absolute atomic E-state index is 13.1. The molecule has 1 atom stereocenters. The van der Waals surface area contributed by atoms with Gasteiger partial charge in [0.05, 0.1) is 18.7 Å². The molecule has 0 bridgehead atoms. The van der Waals surface area contributed by atoms with Gasteiger partial charge in [-0.25, -0.2) is 0 Å². The number of aliphatic hydroxyl groups is 1. The number of amides is 2. The molecule has 4 rings (SSSR count). The molecule has 7 nitrogen and oxygen atoms in total. The summed E-state index contributed by atoms with van der Waals surface area (Å²) in [5.41, 5.74) is 2.46. The van der Waals surface area contributed by atoms with Crippen LogP contribution in [0, 0.1) is 0 Å². The van der Waals surface area contributed by atoms with E-state index in [-0.39, 0.29) is 12.1 Å². The number of carbonyl (C=O) groups excluding carboxylic acids is 2. The second-order valence-electron chi connectivity index (χ2n) is 7.92. The number of hydrogen-bond donors (Lipinski definition) is 2. The van der Waals surface area contributed by atoms with Crippen LogP contribution >= 0.6 is 0 Å². The van der Waals surface area contributed by atoms with E-state index < -0.39 is 23.6 Å². The van der Waals surface area contributed by atoms with Gasteiger partial charge in [-0.2, -0.15) is 0 Å². The number of likely N-dealkylation sites (N-methyl/N-ethyl adjacent to an activating group) is 1. The Morgan fingerprint density at radius 2 is 1.65 bits per heavy atom. The van der Waals surface area contributed by atoms with Crippen molar-refractivity contribution >= 4 is 11.8 Å². The van der Waals surface area contributed by atoms with Crippen molar-refractivity contribution < 1.29 is 24.2 Å². The number of ether oxygens (including phenoxy) is 2. The van der Waals surface area contributed by atoms with Crippen molar-refractivity contribution in [3.05, 3.63) is 107 Å². The third-order valence-corrected chi connectivity index (χ3v) is 5.75. The average molecular weight is 459 g/mol. The fourth-order valence-electron chi connectivity index (χ4n) is 3.91. The summed E-state index contributed by atoms with van der Waals surface area (Å²) >= 11 is 0. The minimum atomic E-state index is -0.782. The monoisotopic (exact) mass is 458 g/mol. The molecule has 1 unspecified atom stereocenters. The van der Waals surface area contributed by atoms with Gasteiger partial charge in [0, 0.05) is 19.2 Å². The Labute approximate surface area is 198 Å². The lowest BCUT2D eigenvalue weighted by molar-refractivity contribution is -0.128. The zero-order valence-electron chi connectivity index (χ0n) is 19.0. The van der Waals surface area contributed by atoms with Gasteiger partial charge >= 0.3 is 0 Å². The molecule has 34 heavy (non-hydrogen) atoms. The lowest BCUT2D eigenvalue weighted by Crippen LogP contribution is -2.31. The van der Waals surface area contributed by atoms with Crippen LogP contribution in [-0.4, -0.2) is 36.0 Å². The number of nitrogens with zero attached hydrogens (tertiary/aromatic N) is 1. The maximum Gasteiger partial charge on any atom is 0.289 e. The van der Waals surface area contributed by atoms with Crippen molar-refractivity contribution in [3.63, 3.8) is 0 Å². The van der Waals surface area contributed by atoms with Gasteiger partial charge in [0.1, 0.15) is 18.1 Å². The zero-order chi connectivity index (χ0) is 24.1. The highest BCUT2D eigenvalue weighted by Crippen LogP contribution is 2.40. The summed E-state index contributed by atoms with van der Waals surface area (Å²) in [7, 11) is 3.14. The first-order valence-electron chi connectivity index (χ1n) is 10.9. The van der Waals surface area contributed by atoms with Crippen LogP contribution < -0.4 is 14.8 Å². The largest absolute Gasteiger partial charge is 0.503 e. The second-order valence-corrected chi connectivity index (χ2v) is 7.92. The number of nitrogens with one attached hydrogen (secondary N) is 1. The Morgan fingerprint density at radius 1 is 0.971 bits per heavy atom. The van der Waals surface area contributed by atoms with Crippen molar-refractivity contribution in [2.75, 3.05) is 14.2 Å². The zero-order valence-corrected chi connectivity index (χ0v) is 19.0. The van der Waals surface area contributed by atoms with Crippen LogP contribution in [0.4, 0.5) is 0 Å². The lowest BCUT2D eigenvalue weighted by Gasteiger charge is -2.25. The van der Waals surface area contributed by atoms with E-state index in [9.17, 15) is 14.7 Å². The SMILES string of the molecule is COc1ccc(CNC(=O)C2=C(O)C(=O)N(C)C2c2ccccc2OCc2ccccc2)cc1. The number of aliphatic hydroxyl groups excluding tert-OH is 1. The van der Waals surface area contributed by atoms with Gasteiger partial charge in [-0.3, -0.25) is 9.59 Å². The van der Waals surface area contributed by atoms with Crippen LogP contribution in [0.15, 0.2) is 90.2 Å². The fraction of sp³-hybridized carbons (Fsp3) is 0.185. The molecule has 3 aromatic rings. The quantitative estimate of drug-likeness (QED) is 0.534. The highest BCUT2D eigenvalue weighted by molar-refractivity contribution is 6.08. The first-order valence-corrected chi connectivity index (χ1v) is 10.9. The summed E-state index contributed by atoms with van der Waals surface area (Å²) < 4.78 is 11.2. The van der Waals surface area contributed by atoms with Gasteiger partial charge < -0.3 is 24.8 Å². The Morgan fingerprint density at radius 3 is 2.35 bits per heavy atom. The Kier molecular flexibility index (Phi) is 6.82. The predicted octanol–water partition coefficient (Wildman–Crippen LogP) is 3.92. The van der Waals surface area contributed by atoms with Crippen molar-refractivity contribution in [1.82, 2.24) is 10.2 Å². The van der Waals surface area contributed by atoms with Crippen LogP contribution in [0.3, 0.4) is 0 Å². The van der Waals surface area contributed by atoms with E-state index >= 15 is 0 Å². The van der Waals surface area contributed by atoms with E-state index in [2.05, 4.69) is 5.32 Å². The topological polar surface area (TPSA) is 88.1 Å². The molecule has 0 aromatic heterocycles. The molecule has 2 N–H and O–H groups in total. The minimum absolute atomic E-state index is 0.00299. The molecule has 1 heterocycles. The van der Waals surface area contributed by atoms with E-state index in [1.807, 2.05) is 54.6 Å². The summed E-state index contributed by atoms with van der Waals surface area (Å²) in [4.78, 5) is 27.1. The van der Waals surface area contributed by atoms with Gasteiger partial charge in [-0.15, -0.1) is 0 Å². The Bertz CT molecular complexity index is 1210. The van der Waals surface area contributed by atoms with Crippen LogP contribution in [0.25, 0.3) is 0 Å². The normalized spacial score (nSPS) is 15.4. The van der Waals surface area contributed by atoms with E-state index in [0.29, 0.717) is 23.7 Å². The van der Waals surface area contributed by atoms with Gasteiger partial charge in [0.15, 0.2) is 5.76 Å². The number of benzene rings is 3. The summed E-state index contributed by atoms with van der Waals surface area (Å²) in [6.07, 6.45) is 0. The predicted molar refractivity (Wildman–Crippen MR) is 127 cm³/mol. The third kappa shape index (κ3) is 4.73. The van der Waals surface area contributed by atoms with Gasteiger partial charge in [0.2, 0.25) is 0 Å². The summed E-state index contributed by atoms with van der Waals surface area (Å²) in [5, 5.41) is 13.4. The van der Waals surface area contributed by atoms with Crippen molar-refractivity contribution in [3.8, 4) is 11.5 Å². The van der Waals surface area contributed by atoms with Gasteiger partial charge in [-0.1, -0.05) is 60.7 Å². The van der Waals surface area contributed by atoms with Gasteiger partial charge in [-0.05, 0) is 29.3 Å². The second kappa shape index (κ2) is 10.1. The number of carbonyl (C=O) groups is 2. The molecule has 0 spiro atoms. The van der Waals surface area contributed by atoms with Crippen molar-refractivity contribution in [1.29, 1.82) is 0 Å². The molecule has 0 fully saturated rings. The van der Waals surface area contributed by atoms with E-state index in [0.717, 1.165) is 11.1 Å². The van der Waals surface area contributed by atoms with Gasteiger partial charge in [0.25, 0.3) is 11.8 Å². The highest BCUT2D eigenvalue weighted by atomic mass is 16.5. The average Bonchev–Trinajstić information content (AvgIpc) is 3.11. The molecule has 7 heteroatoms. The van der Waals surface area contributed by atoms with Crippen LogP contribution in [0.2, 0.25) is 0 Å². The molecule has 3 aromatic carbocycles. The Balaban J connectivity index is 1.56. The third-order valence-electron chi connectivity index (χ3n) is 5.75. The van der Waals surface area contributed by atoms with Crippen molar-refractivity contribution in [2.24, 2.45) is 0 Å². The standard InChI is InChI=1S/C27H26N2O5/c1-29-24(21-10-6-7-11-22(21)34-17-19-8-4-3-5-9-19)23(25(30)27(29)32)26(31)28-16-18-12-14-20(33-2)15-13-18/h3-15,24,30H,16-17H2,1-2H3,(H,28,31). The number of hydrogen-bond acceptors (Lipinski definition) is 5. The van der Waals surface area contributed by atoms with E-state index in [1.165, 1.54) is 4.90 Å². The summed E-state index contributed by atoms with van der Waals surface area (Å²) in [5.74, 6) is -0.444. The summed E-state index contributed by atoms with van der Waals surface area (Å²) in [6.45, 7) is 0.563. The molecular weight excluding hydrogens is 432 g/mol. The van der Waals surface area contributed by atoms with E-state index in [1.54, 1.807) is 38.4 Å². The van der Waals surface area contributed by atoms with Crippen molar-refractivity contribution in [2.45, 2.75) is 19.2 Å². The fourth-order valence-corrected chi connectivity index (χ4v) is 3.91. The molecule has 0 saturated heterocycles. The smallest absolute Gasteiger partial charge is 0.289 e. The number of para-hydroxylation sites is 1. The minimum Gasteiger partial charge on any atom is -0.503 e. The molecule has 2 amide bonds. The van der Waals surface area contributed by atoms with Crippen LogP contribution in [0.1, 0.15) is 22.7 Å². The molecule has 0 radical (unpaired) electrons. The lowest BCUT2D eigenvalue weighted by atomic mass is 9.97. The maximum atomic E-state index is 13.1. The number of methoxy groups -OCH3 is 1. The Hall–Kier alpha value is -4.26. The highest BCUT2D eigenvalue weighted by Gasteiger charge is 2.42. The van der Waals surface area contributed by atoms with Crippen LogP contribution in [0.5, 0.6) is 11.5 Å². The molecule has 1 aliphatic rings. The molecule has 1 aliphatic heterocycles. The molecule has 0 saturated carbocycles. The van der Waals surface area contributed by atoms with Crippen LogP contribution in [-0.2, 0) is 22.7 Å². The van der Waals surface area contributed by atoms with E-state index in [4.69, 9.17) is 9.47 Å². The first-order chi connectivity index (χ1) is 16.5. The number of rotatable bonds is 8. The first kappa shape index (κ1) is 22.9.